The predicted molar refractivity (Wildman–Crippen MR) is 87.7 cm³/mol. The fourth-order valence-electron chi connectivity index (χ4n) is 2.27. The summed E-state index contributed by atoms with van der Waals surface area (Å²) in [5, 5.41) is 9.53. The average molecular weight is 307 g/mol. The Morgan fingerprint density at radius 2 is 2.04 bits per heavy atom. The van der Waals surface area contributed by atoms with E-state index in [0.29, 0.717) is 18.7 Å². The summed E-state index contributed by atoms with van der Waals surface area (Å²) in [7, 11) is 0. The number of rotatable bonds is 5. The monoisotopic (exact) mass is 307 g/mol. The van der Waals surface area contributed by atoms with Crippen molar-refractivity contribution in [3.63, 3.8) is 0 Å². The highest BCUT2D eigenvalue weighted by atomic mass is 16.1. The molecular weight excluding hydrogens is 290 g/mol. The summed E-state index contributed by atoms with van der Waals surface area (Å²) in [5.74, 6) is 0.777. The summed E-state index contributed by atoms with van der Waals surface area (Å²) >= 11 is 0. The van der Waals surface area contributed by atoms with E-state index in [1.54, 1.807) is 12.4 Å². The van der Waals surface area contributed by atoms with Gasteiger partial charge in [0.2, 0.25) is 11.9 Å². The second-order valence-electron chi connectivity index (χ2n) is 5.28. The number of nitrogens with one attached hydrogen (secondary N) is 2. The van der Waals surface area contributed by atoms with Gasteiger partial charge in [-0.1, -0.05) is 29.8 Å². The Morgan fingerprint density at radius 3 is 2.83 bits per heavy atom. The first-order chi connectivity index (χ1) is 11.2. The van der Waals surface area contributed by atoms with E-state index in [2.05, 4.69) is 31.5 Å². The van der Waals surface area contributed by atoms with Crippen molar-refractivity contribution >= 4 is 11.9 Å². The van der Waals surface area contributed by atoms with Gasteiger partial charge in [0.25, 0.3) is 0 Å². The minimum absolute atomic E-state index is 0.105. The van der Waals surface area contributed by atoms with Gasteiger partial charge in [0, 0.05) is 24.4 Å². The van der Waals surface area contributed by atoms with E-state index < -0.39 is 0 Å². The summed E-state index contributed by atoms with van der Waals surface area (Å²) in [4.78, 5) is 20.2. The van der Waals surface area contributed by atoms with Crippen LogP contribution in [0, 0.1) is 6.92 Å². The molecule has 0 aliphatic rings. The topological polar surface area (TPSA) is 83.6 Å². The third kappa shape index (κ3) is 4.00. The molecule has 0 bridgehead atoms. The van der Waals surface area contributed by atoms with Gasteiger partial charge < -0.3 is 0 Å². The number of hydrogen-bond donors (Lipinski definition) is 2. The summed E-state index contributed by atoms with van der Waals surface area (Å²) in [5.41, 5.74) is 3.21. The number of aromatic nitrogens is 4. The van der Waals surface area contributed by atoms with Crippen LogP contribution >= 0.6 is 0 Å². The fourth-order valence-corrected chi connectivity index (χ4v) is 2.27. The van der Waals surface area contributed by atoms with Crippen molar-refractivity contribution in [1.82, 2.24) is 20.2 Å². The number of hydrogen-bond acceptors (Lipinski definition) is 4. The Kier molecular flexibility index (Phi) is 4.42. The number of carbonyl (C=O) groups is 1. The molecule has 2 heterocycles. The Hall–Kier alpha value is -3.02. The average Bonchev–Trinajstić information content (AvgIpc) is 3.02. The van der Waals surface area contributed by atoms with E-state index >= 15 is 0 Å². The predicted octanol–water partition coefficient (Wildman–Crippen LogP) is 2.75. The summed E-state index contributed by atoms with van der Waals surface area (Å²) in [6.07, 6.45) is 4.44. The van der Waals surface area contributed by atoms with Crippen LogP contribution in [-0.4, -0.2) is 26.1 Å². The Labute approximate surface area is 134 Å². The van der Waals surface area contributed by atoms with Crippen LogP contribution in [0.3, 0.4) is 0 Å². The van der Waals surface area contributed by atoms with Crippen molar-refractivity contribution in [3.8, 4) is 11.4 Å². The van der Waals surface area contributed by atoms with Crippen LogP contribution in [0.1, 0.15) is 17.5 Å². The third-order valence-electron chi connectivity index (χ3n) is 3.41. The van der Waals surface area contributed by atoms with Crippen molar-refractivity contribution in [2.75, 3.05) is 5.32 Å². The highest BCUT2D eigenvalue weighted by Crippen LogP contribution is 2.14. The molecule has 6 nitrogen and oxygen atoms in total. The molecule has 0 unspecified atom stereocenters. The minimum Gasteiger partial charge on any atom is -0.293 e. The summed E-state index contributed by atoms with van der Waals surface area (Å²) < 4.78 is 0. The maximum absolute atomic E-state index is 12.0. The molecule has 6 heteroatoms. The molecule has 1 aromatic carbocycles. The number of aryl methyl sites for hydroxylation is 2. The second-order valence-corrected chi connectivity index (χ2v) is 5.28. The largest absolute Gasteiger partial charge is 0.293 e. The first kappa shape index (κ1) is 14.9. The van der Waals surface area contributed by atoms with E-state index in [0.717, 1.165) is 11.1 Å². The molecule has 23 heavy (non-hydrogen) atoms. The zero-order chi connectivity index (χ0) is 16.1. The number of pyridine rings is 1. The molecule has 3 rings (SSSR count). The van der Waals surface area contributed by atoms with Crippen molar-refractivity contribution in [2.45, 2.75) is 19.8 Å². The first-order valence-electron chi connectivity index (χ1n) is 7.39. The van der Waals surface area contributed by atoms with Crippen molar-refractivity contribution in [1.29, 1.82) is 0 Å². The first-order valence-corrected chi connectivity index (χ1v) is 7.39. The zero-order valence-corrected chi connectivity index (χ0v) is 12.8. The molecule has 3 aromatic rings. The smallest absolute Gasteiger partial charge is 0.249 e. The normalized spacial score (nSPS) is 10.5. The molecule has 0 radical (unpaired) electrons. The molecular formula is C17H17N5O. The molecule has 0 fully saturated rings. The number of amides is 1. The SMILES string of the molecule is Cc1cccc(CCC(=O)Nc2n[nH]c(-c3ccncc3)n2)c1. The van der Waals surface area contributed by atoms with Gasteiger partial charge >= 0.3 is 0 Å². The number of nitrogens with zero attached hydrogens (tertiary/aromatic N) is 3. The van der Waals surface area contributed by atoms with E-state index in [-0.39, 0.29) is 11.9 Å². The Morgan fingerprint density at radius 1 is 1.22 bits per heavy atom. The molecule has 0 saturated heterocycles. The van der Waals surface area contributed by atoms with E-state index in [1.807, 2.05) is 37.3 Å². The highest BCUT2D eigenvalue weighted by molar-refractivity contribution is 5.89. The molecule has 0 atom stereocenters. The van der Waals surface area contributed by atoms with Crippen molar-refractivity contribution in [3.05, 3.63) is 59.9 Å². The third-order valence-corrected chi connectivity index (χ3v) is 3.41. The van der Waals surface area contributed by atoms with Gasteiger partial charge in [-0.15, -0.1) is 5.10 Å². The lowest BCUT2D eigenvalue weighted by Crippen LogP contribution is -2.13. The molecule has 0 saturated carbocycles. The lowest BCUT2D eigenvalue weighted by Gasteiger charge is -2.02. The lowest BCUT2D eigenvalue weighted by molar-refractivity contribution is -0.116. The van der Waals surface area contributed by atoms with Crippen molar-refractivity contribution in [2.24, 2.45) is 0 Å². The maximum Gasteiger partial charge on any atom is 0.249 e. The Bertz CT molecular complexity index is 798. The highest BCUT2D eigenvalue weighted by Gasteiger charge is 2.09. The van der Waals surface area contributed by atoms with Crippen LogP contribution < -0.4 is 5.32 Å². The number of aromatic amines is 1. The van der Waals surface area contributed by atoms with E-state index in [9.17, 15) is 4.79 Å². The van der Waals surface area contributed by atoms with E-state index in [4.69, 9.17) is 0 Å². The van der Waals surface area contributed by atoms with Crippen LogP contribution in [0.2, 0.25) is 0 Å². The number of benzene rings is 1. The van der Waals surface area contributed by atoms with Crippen LogP contribution in [0.15, 0.2) is 48.8 Å². The van der Waals surface area contributed by atoms with Crippen LogP contribution in [0.4, 0.5) is 5.95 Å². The van der Waals surface area contributed by atoms with Gasteiger partial charge in [-0.05, 0) is 31.0 Å². The van der Waals surface area contributed by atoms with Gasteiger partial charge in [-0.2, -0.15) is 4.98 Å². The Balaban J connectivity index is 1.57. The maximum atomic E-state index is 12.0. The molecule has 2 aromatic heterocycles. The minimum atomic E-state index is -0.105. The molecule has 0 aliphatic heterocycles. The summed E-state index contributed by atoms with van der Waals surface area (Å²) in [6, 6.07) is 11.8. The van der Waals surface area contributed by atoms with Gasteiger partial charge in [0.1, 0.15) is 0 Å². The van der Waals surface area contributed by atoms with Gasteiger partial charge in [0.15, 0.2) is 5.82 Å². The zero-order valence-electron chi connectivity index (χ0n) is 12.8. The number of carbonyl (C=O) groups excluding carboxylic acids is 1. The quantitative estimate of drug-likeness (QED) is 0.759. The van der Waals surface area contributed by atoms with Crippen LogP contribution in [-0.2, 0) is 11.2 Å². The molecule has 116 valence electrons. The molecule has 2 N–H and O–H groups in total. The standard InChI is InChI=1S/C17H17N5O/c1-12-3-2-4-13(11-12)5-6-15(23)19-17-20-16(21-22-17)14-7-9-18-10-8-14/h2-4,7-11H,5-6H2,1H3,(H2,19,20,21,22,23). The number of anilines is 1. The second kappa shape index (κ2) is 6.83. The molecule has 0 spiro atoms. The van der Waals surface area contributed by atoms with Crippen LogP contribution in [0.25, 0.3) is 11.4 Å². The summed E-state index contributed by atoms with van der Waals surface area (Å²) in [6.45, 7) is 2.04. The lowest BCUT2D eigenvalue weighted by atomic mass is 10.1. The molecule has 1 amide bonds. The van der Waals surface area contributed by atoms with E-state index in [1.165, 1.54) is 5.56 Å². The van der Waals surface area contributed by atoms with Gasteiger partial charge in [-0.3, -0.25) is 20.2 Å². The van der Waals surface area contributed by atoms with Gasteiger partial charge in [0.05, 0.1) is 0 Å². The molecule has 0 aliphatic carbocycles. The van der Waals surface area contributed by atoms with Crippen LogP contribution in [0.5, 0.6) is 0 Å². The van der Waals surface area contributed by atoms with Gasteiger partial charge in [-0.25, -0.2) is 0 Å². The fraction of sp³-hybridized carbons (Fsp3) is 0.176. The number of H-pyrrole nitrogens is 1. The van der Waals surface area contributed by atoms with Crippen molar-refractivity contribution < 1.29 is 4.79 Å².